The lowest BCUT2D eigenvalue weighted by Crippen LogP contribution is -2.45. The standard InChI is InChI=1S/C22H25F3NO5P/c23-22(24,25)18-8-6-16(7-9-18)17-10-13-26(14-11-17)21(27)20(12-15-32(28,29)30)31-19-4-2-1-3-5-19/h1-9,17,20H,10-15H2,(H2,28,29,30)/t20-/m0/s1. The molecule has 3 rings (SSSR count). The number of carbonyl (C=O) groups excluding carboxylic acids is 1. The van der Waals surface area contributed by atoms with Crippen LogP contribution in [0.4, 0.5) is 13.2 Å². The molecule has 0 unspecified atom stereocenters. The van der Waals surface area contributed by atoms with Gasteiger partial charge < -0.3 is 19.4 Å². The van der Waals surface area contributed by atoms with Crippen LogP contribution in [0.25, 0.3) is 0 Å². The quantitative estimate of drug-likeness (QED) is 0.584. The van der Waals surface area contributed by atoms with Crippen LogP contribution in [0.3, 0.4) is 0 Å². The number of hydrogen-bond acceptors (Lipinski definition) is 3. The van der Waals surface area contributed by atoms with E-state index in [0.717, 1.165) is 17.7 Å². The van der Waals surface area contributed by atoms with E-state index in [-0.39, 0.29) is 18.2 Å². The Morgan fingerprint density at radius 2 is 1.66 bits per heavy atom. The van der Waals surface area contributed by atoms with Gasteiger partial charge in [0, 0.05) is 19.5 Å². The number of nitrogens with zero attached hydrogens (tertiary/aromatic N) is 1. The van der Waals surface area contributed by atoms with Gasteiger partial charge in [-0.2, -0.15) is 13.2 Å². The average Bonchev–Trinajstić information content (AvgIpc) is 2.76. The van der Waals surface area contributed by atoms with Gasteiger partial charge in [-0.15, -0.1) is 0 Å². The Morgan fingerprint density at radius 1 is 1.06 bits per heavy atom. The fourth-order valence-corrected chi connectivity index (χ4v) is 4.33. The molecule has 0 bridgehead atoms. The monoisotopic (exact) mass is 471 g/mol. The van der Waals surface area contributed by atoms with E-state index in [0.29, 0.717) is 31.7 Å². The van der Waals surface area contributed by atoms with Crippen LogP contribution in [0.2, 0.25) is 0 Å². The third kappa shape index (κ3) is 6.82. The van der Waals surface area contributed by atoms with Crippen molar-refractivity contribution in [2.75, 3.05) is 19.3 Å². The zero-order valence-electron chi connectivity index (χ0n) is 17.2. The van der Waals surface area contributed by atoms with Crippen LogP contribution in [-0.2, 0) is 15.5 Å². The molecule has 1 atom stereocenters. The van der Waals surface area contributed by atoms with Gasteiger partial charge in [0.2, 0.25) is 0 Å². The van der Waals surface area contributed by atoms with E-state index in [1.54, 1.807) is 35.2 Å². The number of likely N-dealkylation sites (tertiary alicyclic amines) is 1. The number of carbonyl (C=O) groups is 1. The van der Waals surface area contributed by atoms with Crippen molar-refractivity contribution in [1.29, 1.82) is 0 Å². The summed E-state index contributed by atoms with van der Waals surface area (Å²) in [6.07, 6.45) is -4.86. The molecule has 32 heavy (non-hydrogen) atoms. The summed E-state index contributed by atoms with van der Waals surface area (Å²) in [6, 6.07) is 13.7. The molecule has 0 aromatic heterocycles. The summed E-state index contributed by atoms with van der Waals surface area (Å²) in [4.78, 5) is 33.1. The highest BCUT2D eigenvalue weighted by atomic mass is 31.2. The van der Waals surface area contributed by atoms with Gasteiger partial charge in [0.15, 0.2) is 6.10 Å². The van der Waals surface area contributed by atoms with Gasteiger partial charge in [-0.3, -0.25) is 9.36 Å². The van der Waals surface area contributed by atoms with Crippen molar-refractivity contribution < 1.29 is 37.1 Å². The molecule has 174 valence electrons. The minimum atomic E-state index is -4.38. The van der Waals surface area contributed by atoms with Gasteiger partial charge in [0.1, 0.15) is 5.75 Å². The first-order chi connectivity index (χ1) is 15.0. The molecule has 1 fully saturated rings. The highest BCUT2D eigenvalue weighted by molar-refractivity contribution is 7.51. The number of halogens is 3. The number of amides is 1. The largest absolute Gasteiger partial charge is 0.481 e. The summed E-state index contributed by atoms with van der Waals surface area (Å²) >= 11 is 0. The van der Waals surface area contributed by atoms with Gasteiger partial charge in [-0.25, -0.2) is 0 Å². The van der Waals surface area contributed by atoms with Crippen molar-refractivity contribution in [1.82, 2.24) is 4.90 Å². The molecule has 6 nitrogen and oxygen atoms in total. The zero-order chi connectivity index (χ0) is 23.4. The molecule has 1 aliphatic heterocycles. The normalized spacial score (nSPS) is 16.6. The maximum Gasteiger partial charge on any atom is 0.416 e. The fraction of sp³-hybridized carbons (Fsp3) is 0.409. The van der Waals surface area contributed by atoms with Crippen molar-refractivity contribution in [3.8, 4) is 5.75 Å². The van der Waals surface area contributed by atoms with Crippen LogP contribution in [0.15, 0.2) is 54.6 Å². The predicted octanol–water partition coefficient (Wildman–Crippen LogP) is 4.43. The molecule has 1 aliphatic rings. The van der Waals surface area contributed by atoms with E-state index in [4.69, 9.17) is 4.74 Å². The van der Waals surface area contributed by atoms with Gasteiger partial charge in [0.05, 0.1) is 11.7 Å². The number of rotatable bonds is 7. The summed E-state index contributed by atoms with van der Waals surface area (Å²) in [7, 11) is -4.30. The van der Waals surface area contributed by atoms with Crippen molar-refractivity contribution in [3.05, 3.63) is 65.7 Å². The third-order valence-corrected chi connectivity index (χ3v) is 6.34. The van der Waals surface area contributed by atoms with E-state index in [1.165, 1.54) is 12.1 Å². The third-order valence-electron chi connectivity index (χ3n) is 5.50. The lowest BCUT2D eigenvalue weighted by molar-refractivity contribution is -0.140. The topological polar surface area (TPSA) is 87.1 Å². The van der Waals surface area contributed by atoms with Crippen molar-refractivity contribution in [2.24, 2.45) is 0 Å². The van der Waals surface area contributed by atoms with Gasteiger partial charge in [-0.05, 0) is 48.6 Å². The average molecular weight is 471 g/mol. The highest BCUT2D eigenvalue weighted by Gasteiger charge is 2.33. The summed E-state index contributed by atoms with van der Waals surface area (Å²) < 4.78 is 55.4. The van der Waals surface area contributed by atoms with E-state index in [9.17, 15) is 32.3 Å². The number of para-hydroxylation sites is 1. The van der Waals surface area contributed by atoms with E-state index >= 15 is 0 Å². The summed E-state index contributed by atoms with van der Waals surface area (Å²) in [5.41, 5.74) is 0.100. The van der Waals surface area contributed by atoms with Crippen LogP contribution < -0.4 is 4.74 Å². The Morgan fingerprint density at radius 3 is 2.19 bits per heavy atom. The Kier molecular flexibility index (Phi) is 7.64. The molecule has 2 aromatic carbocycles. The molecule has 0 aliphatic carbocycles. The lowest BCUT2D eigenvalue weighted by Gasteiger charge is -2.34. The molecule has 0 saturated carbocycles. The van der Waals surface area contributed by atoms with Crippen LogP contribution in [0.1, 0.15) is 36.3 Å². The number of alkyl halides is 3. The minimum Gasteiger partial charge on any atom is -0.481 e. The number of benzene rings is 2. The first-order valence-electron chi connectivity index (χ1n) is 10.2. The summed E-state index contributed by atoms with van der Waals surface area (Å²) in [5, 5.41) is 0. The summed E-state index contributed by atoms with van der Waals surface area (Å²) in [6.45, 7) is 0.768. The van der Waals surface area contributed by atoms with Gasteiger partial charge in [-0.1, -0.05) is 30.3 Å². The molecule has 1 heterocycles. The van der Waals surface area contributed by atoms with E-state index in [2.05, 4.69) is 0 Å². The number of ether oxygens (including phenoxy) is 1. The molecule has 10 heteroatoms. The molecular weight excluding hydrogens is 446 g/mol. The molecule has 0 radical (unpaired) electrons. The van der Waals surface area contributed by atoms with Crippen molar-refractivity contribution in [2.45, 2.75) is 37.5 Å². The predicted molar refractivity (Wildman–Crippen MR) is 112 cm³/mol. The number of piperidine rings is 1. The molecular formula is C22H25F3NO5P. The smallest absolute Gasteiger partial charge is 0.416 e. The Bertz CT molecular complexity index is 938. The Hall–Kier alpha value is -2.35. The minimum absolute atomic E-state index is 0.0323. The second-order valence-electron chi connectivity index (χ2n) is 7.82. The van der Waals surface area contributed by atoms with Crippen LogP contribution in [-0.4, -0.2) is 45.9 Å². The zero-order valence-corrected chi connectivity index (χ0v) is 18.1. The Labute approximate surface area is 184 Å². The van der Waals surface area contributed by atoms with Crippen molar-refractivity contribution >= 4 is 13.5 Å². The molecule has 2 N–H and O–H groups in total. The highest BCUT2D eigenvalue weighted by Crippen LogP contribution is 2.36. The lowest BCUT2D eigenvalue weighted by atomic mass is 9.88. The number of hydrogen-bond donors (Lipinski definition) is 2. The second-order valence-corrected chi connectivity index (χ2v) is 9.59. The van der Waals surface area contributed by atoms with Crippen LogP contribution in [0, 0.1) is 0 Å². The molecule has 0 spiro atoms. The van der Waals surface area contributed by atoms with Gasteiger partial charge in [0.25, 0.3) is 5.91 Å². The first kappa shape index (κ1) is 24.3. The fourth-order valence-electron chi connectivity index (χ4n) is 3.76. The molecule has 2 aromatic rings. The first-order valence-corrected chi connectivity index (χ1v) is 12.0. The Balaban J connectivity index is 1.63. The van der Waals surface area contributed by atoms with E-state index in [1.807, 2.05) is 0 Å². The summed E-state index contributed by atoms with van der Waals surface area (Å²) in [5.74, 6) is 0.106. The SMILES string of the molecule is O=C([C@H](CCP(=O)(O)O)Oc1ccccc1)N1CCC(c2ccc(C(F)(F)F)cc2)CC1. The molecule has 1 saturated heterocycles. The van der Waals surface area contributed by atoms with Gasteiger partial charge >= 0.3 is 13.8 Å². The van der Waals surface area contributed by atoms with Crippen molar-refractivity contribution in [3.63, 3.8) is 0 Å². The van der Waals surface area contributed by atoms with Crippen LogP contribution >= 0.6 is 7.60 Å². The molecule has 1 amide bonds. The van der Waals surface area contributed by atoms with E-state index < -0.39 is 31.6 Å². The maximum atomic E-state index is 13.0. The second kappa shape index (κ2) is 10.1. The van der Waals surface area contributed by atoms with Crippen LogP contribution in [0.5, 0.6) is 5.75 Å². The maximum absolute atomic E-state index is 13.0.